The smallest absolute Gasteiger partial charge is 0.117 e. The number of benzene rings is 1. The molecule has 2 N–H and O–H groups in total. The van der Waals surface area contributed by atoms with Crippen LogP contribution in [0, 0.1) is 0 Å². The molecule has 3 aromatic rings. The maximum Gasteiger partial charge on any atom is 0.117 e. The molecule has 0 aliphatic heterocycles. The van der Waals surface area contributed by atoms with E-state index in [9.17, 15) is 0 Å². The number of hydrogen-bond acceptors (Lipinski definition) is 4. The number of aromatic nitrogens is 5. The number of rotatable bonds is 7. The predicted molar refractivity (Wildman–Crippen MR) is 80.4 cm³/mol. The van der Waals surface area contributed by atoms with Crippen molar-refractivity contribution < 1.29 is 0 Å². The summed E-state index contributed by atoms with van der Waals surface area (Å²) in [5.41, 5.74) is 2.94. The maximum absolute atomic E-state index is 4.24. The maximum atomic E-state index is 4.24. The van der Waals surface area contributed by atoms with Gasteiger partial charge in [-0.25, -0.2) is 0 Å². The monoisotopic (exact) mass is 282 g/mol. The summed E-state index contributed by atoms with van der Waals surface area (Å²) in [6.45, 7) is 2.55. The van der Waals surface area contributed by atoms with Gasteiger partial charge in [-0.15, -0.1) is 0 Å². The molecule has 108 valence electrons. The molecule has 2 heterocycles. The zero-order valence-corrected chi connectivity index (χ0v) is 11.7. The molecule has 6 heteroatoms. The molecular formula is C15H18N6. The minimum absolute atomic E-state index is 0.708. The van der Waals surface area contributed by atoms with E-state index < -0.39 is 0 Å². The van der Waals surface area contributed by atoms with Crippen LogP contribution in [0.25, 0.3) is 11.3 Å². The van der Waals surface area contributed by atoms with Gasteiger partial charge in [0, 0.05) is 31.0 Å². The molecule has 0 saturated carbocycles. The molecule has 0 bridgehead atoms. The zero-order chi connectivity index (χ0) is 14.3. The van der Waals surface area contributed by atoms with Gasteiger partial charge in [0.25, 0.3) is 0 Å². The number of aromatic amines is 1. The topological polar surface area (TPSA) is 71.4 Å². The Hall–Kier alpha value is -2.47. The summed E-state index contributed by atoms with van der Waals surface area (Å²) in [5, 5.41) is 18.7. The molecular weight excluding hydrogens is 264 g/mol. The summed E-state index contributed by atoms with van der Waals surface area (Å²) < 4.78 is 1.94. The first-order valence-electron chi connectivity index (χ1n) is 7.07. The number of nitrogens with one attached hydrogen (secondary N) is 2. The molecule has 0 saturated heterocycles. The molecule has 2 aromatic heterocycles. The Morgan fingerprint density at radius 2 is 2.00 bits per heavy atom. The summed E-state index contributed by atoms with van der Waals surface area (Å²) in [4.78, 5) is 0. The van der Waals surface area contributed by atoms with E-state index in [1.54, 1.807) is 6.20 Å². The molecule has 0 radical (unpaired) electrons. The third kappa shape index (κ3) is 3.55. The van der Waals surface area contributed by atoms with Crippen LogP contribution in [0.15, 0.2) is 48.8 Å². The molecule has 21 heavy (non-hydrogen) atoms. The number of nitrogens with zero attached hydrogens (tertiary/aromatic N) is 4. The van der Waals surface area contributed by atoms with Gasteiger partial charge in [-0.1, -0.05) is 30.3 Å². The van der Waals surface area contributed by atoms with E-state index in [0.717, 1.165) is 36.5 Å². The van der Waals surface area contributed by atoms with Crippen molar-refractivity contribution in [3.05, 3.63) is 54.5 Å². The lowest BCUT2D eigenvalue weighted by molar-refractivity contribution is 0.541. The van der Waals surface area contributed by atoms with Gasteiger partial charge in [-0.2, -0.15) is 20.5 Å². The summed E-state index contributed by atoms with van der Waals surface area (Å²) in [6, 6.07) is 12.0. The lowest BCUT2D eigenvalue weighted by atomic mass is 10.1. The highest BCUT2D eigenvalue weighted by molar-refractivity contribution is 5.60. The van der Waals surface area contributed by atoms with E-state index in [-0.39, 0.29) is 0 Å². The van der Waals surface area contributed by atoms with Crippen molar-refractivity contribution in [3.63, 3.8) is 0 Å². The molecule has 1 aromatic carbocycles. The molecule has 0 amide bonds. The Kier molecular flexibility index (Phi) is 4.38. The van der Waals surface area contributed by atoms with Crippen LogP contribution >= 0.6 is 0 Å². The first-order chi connectivity index (χ1) is 10.4. The highest BCUT2D eigenvalue weighted by atomic mass is 15.3. The van der Waals surface area contributed by atoms with Crippen molar-refractivity contribution >= 4 is 0 Å². The Balaban J connectivity index is 1.49. The van der Waals surface area contributed by atoms with Crippen molar-refractivity contribution in [3.8, 4) is 11.3 Å². The van der Waals surface area contributed by atoms with Gasteiger partial charge in [0.1, 0.15) is 11.4 Å². The van der Waals surface area contributed by atoms with Gasteiger partial charge in [0.15, 0.2) is 0 Å². The van der Waals surface area contributed by atoms with Crippen molar-refractivity contribution in [2.45, 2.75) is 19.5 Å². The van der Waals surface area contributed by atoms with E-state index in [4.69, 9.17) is 0 Å². The minimum Gasteiger partial charge on any atom is -0.311 e. The number of aryl methyl sites for hydroxylation is 1. The van der Waals surface area contributed by atoms with Gasteiger partial charge in [-0.05, 0) is 19.0 Å². The van der Waals surface area contributed by atoms with Gasteiger partial charge in [0.2, 0.25) is 0 Å². The Bertz CT molecular complexity index is 644. The summed E-state index contributed by atoms with van der Waals surface area (Å²) in [5.74, 6) is 0. The predicted octanol–water partition coefficient (Wildman–Crippen LogP) is 1.85. The molecule has 0 atom stereocenters. The first-order valence-corrected chi connectivity index (χ1v) is 7.07. The molecule has 6 nitrogen and oxygen atoms in total. The minimum atomic E-state index is 0.708. The average molecular weight is 282 g/mol. The third-order valence-corrected chi connectivity index (χ3v) is 3.26. The number of hydrogen-bond donors (Lipinski definition) is 2. The summed E-state index contributed by atoms with van der Waals surface area (Å²) in [6.07, 6.45) is 4.81. The normalized spacial score (nSPS) is 10.9. The Labute approximate surface area is 123 Å². The highest BCUT2D eigenvalue weighted by Gasteiger charge is 2.08. The fourth-order valence-corrected chi connectivity index (χ4v) is 2.21. The van der Waals surface area contributed by atoms with E-state index in [1.165, 1.54) is 0 Å². The van der Waals surface area contributed by atoms with Crippen LogP contribution in [0.4, 0.5) is 0 Å². The summed E-state index contributed by atoms with van der Waals surface area (Å²) >= 11 is 0. The van der Waals surface area contributed by atoms with Crippen molar-refractivity contribution in [1.29, 1.82) is 0 Å². The zero-order valence-electron chi connectivity index (χ0n) is 11.7. The second-order valence-electron chi connectivity index (χ2n) is 4.78. The second-order valence-corrected chi connectivity index (χ2v) is 4.78. The van der Waals surface area contributed by atoms with Crippen LogP contribution in [-0.2, 0) is 13.1 Å². The standard InChI is InChI=1S/C15H18N6/c1-2-6-13(7-3-1)15-14(18-20-19-15)12-16-8-4-10-21-11-5-9-17-21/h1-3,5-7,9,11,16H,4,8,10,12H2,(H,18,19,20). The largest absolute Gasteiger partial charge is 0.311 e. The Morgan fingerprint density at radius 3 is 2.81 bits per heavy atom. The quantitative estimate of drug-likeness (QED) is 0.649. The summed E-state index contributed by atoms with van der Waals surface area (Å²) in [7, 11) is 0. The van der Waals surface area contributed by atoms with Gasteiger partial charge in [0.05, 0.1) is 0 Å². The molecule has 3 rings (SSSR count). The van der Waals surface area contributed by atoms with E-state index in [1.807, 2.05) is 47.3 Å². The van der Waals surface area contributed by atoms with Crippen LogP contribution in [0.3, 0.4) is 0 Å². The number of H-pyrrole nitrogens is 1. The fraction of sp³-hybridized carbons (Fsp3) is 0.267. The third-order valence-electron chi connectivity index (χ3n) is 3.26. The van der Waals surface area contributed by atoms with Crippen molar-refractivity contribution in [2.75, 3.05) is 6.54 Å². The molecule has 0 aliphatic carbocycles. The molecule has 0 unspecified atom stereocenters. The SMILES string of the molecule is c1ccc(-c2n[nH]nc2CNCCCn2cccn2)cc1. The van der Waals surface area contributed by atoms with Crippen LogP contribution in [0.5, 0.6) is 0 Å². The lowest BCUT2D eigenvalue weighted by Gasteiger charge is -2.04. The van der Waals surface area contributed by atoms with Gasteiger partial charge in [-0.3, -0.25) is 4.68 Å². The lowest BCUT2D eigenvalue weighted by Crippen LogP contribution is -2.17. The van der Waals surface area contributed by atoms with Crippen LogP contribution < -0.4 is 5.32 Å². The molecule has 0 fully saturated rings. The van der Waals surface area contributed by atoms with E-state index in [0.29, 0.717) is 6.54 Å². The van der Waals surface area contributed by atoms with E-state index in [2.05, 4.69) is 25.8 Å². The first kappa shape index (κ1) is 13.5. The highest BCUT2D eigenvalue weighted by Crippen LogP contribution is 2.18. The van der Waals surface area contributed by atoms with Gasteiger partial charge < -0.3 is 5.32 Å². The average Bonchev–Trinajstić information content (AvgIpc) is 3.19. The van der Waals surface area contributed by atoms with Crippen molar-refractivity contribution in [2.24, 2.45) is 0 Å². The molecule has 0 aliphatic rings. The van der Waals surface area contributed by atoms with E-state index >= 15 is 0 Å². The Morgan fingerprint density at radius 1 is 1.10 bits per heavy atom. The molecule has 0 spiro atoms. The van der Waals surface area contributed by atoms with Crippen LogP contribution in [0.1, 0.15) is 12.1 Å². The van der Waals surface area contributed by atoms with Gasteiger partial charge >= 0.3 is 0 Å². The van der Waals surface area contributed by atoms with Crippen LogP contribution in [-0.4, -0.2) is 31.7 Å². The fourth-order valence-electron chi connectivity index (χ4n) is 2.21. The second kappa shape index (κ2) is 6.81. The van der Waals surface area contributed by atoms with Crippen molar-refractivity contribution in [1.82, 2.24) is 30.5 Å². The van der Waals surface area contributed by atoms with Crippen LogP contribution in [0.2, 0.25) is 0 Å².